The summed E-state index contributed by atoms with van der Waals surface area (Å²) >= 11 is 0. The molecule has 1 amide bonds. The molecule has 2 heterocycles. The minimum Gasteiger partial charge on any atom is -0.383 e. The fourth-order valence-electron chi connectivity index (χ4n) is 2.92. The van der Waals surface area contributed by atoms with Crippen LogP contribution in [0.4, 0.5) is 5.82 Å². The summed E-state index contributed by atoms with van der Waals surface area (Å²) in [5.74, 6) is 0.431. The van der Waals surface area contributed by atoms with E-state index in [1.165, 1.54) is 0 Å². The lowest BCUT2D eigenvalue weighted by Gasteiger charge is -2.30. The van der Waals surface area contributed by atoms with Gasteiger partial charge in [0.1, 0.15) is 5.82 Å². The van der Waals surface area contributed by atoms with Crippen molar-refractivity contribution in [1.82, 2.24) is 9.88 Å². The number of hydrogen-bond acceptors (Lipinski definition) is 4. The summed E-state index contributed by atoms with van der Waals surface area (Å²) in [6.07, 6.45) is 1.66. The van der Waals surface area contributed by atoms with Crippen LogP contribution in [0.1, 0.15) is 18.4 Å². The van der Waals surface area contributed by atoms with E-state index >= 15 is 0 Å². The number of nitrogen functional groups attached to an aromatic ring is 1. The van der Waals surface area contributed by atoms with Crippen molar-refractivity contribution in [2.75, 3.05) is 18.8 Å². The first-order chi connectivity index (χ1) is 10.1. The molecule has 0 spiro atoms. The number of carbonyl (C=O) groups excluding carboxylic acids is 1. The Kier molecular flexibility index (Phi) is 3.75. The van der Waals surface area contributed by atoms with Gasteiger partial charge in [-0.2, -0.15) is 0 Å². The number of anilines is 1. The third-order valence-electron chi connectivity index (χ3n) is 4.22. The number of carbonyl (C=O) groups is 1. The Morgan fingerprint density at radius 3 is 2.71 bits per heavy atom. The van der Waals surface area contributed by atoms with Crippen molar-refractivity contribution in [3.8, 4) is 0 Å². The third kappa shape index (κ3) is 2.97. The summed E-state index contributed by atoms with van der Waals surface area (Å²) in [7, 11) is 0. The van der Waals surface area contributed by atoms with Gasteiger partial charge in [0, 0.05) is 23.4 Å². The number of rotatable bonds is 3. The molecule has 4 N–H and O–H groups in total. The molecule has 1 fully saturated rings. The number of aromatic nitrogens is 1. The van der Waals surface area contributed by atoms with Gasteiger partial charge in [0.25, 0.3) is 0 Å². The number of amides is 1. The average Bonchev–Trinajstić information content (AvgIpc) is 2.48. The lowest BCUT2D eigenvalue weighted by atomic mass is 9.96. The molecule has 5 heteroatoms. The molecule has 1 aromatic carbocycles. The van der Waals surface area contributed by atoms with Crippen LogP contribution in [0.3, 0.4) is 0 Å². The third-order valence-corrected chi connectivity index (χ3v) is 4.22. The smallest absolute Gasteiger partial charge is 0.220 e. The minimum atomic E-state index is -0.179. The number of nitrogens with two attached hydrogens (primary N) is 2. The molecule has 1 aliphatic heterocycles. The Bertz CT molecular complexity index is 662. The maximum absolute atomic E-state index is 11.2. The van der Waals surface area contributed by atoms with E-state index in [1.54, 1.807) is 0 Å². The zero-order valence-corrected chi connectivity index (χ0v) is 12.0. The fourth-order valence-corrected chi connectivity index (χ4v) is 2.92. The molecule has 3 rings (SSSR count). The van der Waals surface area contributed by atoms with Crippen molar-refractivity contribution in [2.45, 2.75) is 19.4 Å². The Morgan fingerprint density at radius 1 is 1.29 bits per heavy atom. The maximum Gasteiger partial charge on any atom is 0.220 e. The van der Waals surface area contributed by atoms with E-state index in [0.29, 0.717) is 5.82 Å². The van der Waals surface area contributed by atoms with E-state index in [-0.39, 0.29) is 11.8 Å². The topological polar surface area (TPSA) is 85.2 Å². The molecule has 1 aliphatic rings. The molecular formula is C16H20N4O. The molecule has 2 aromatic rings. The quantitative estimate of drug-likeness (QED) is 0.894. The number of likely N-dealkylation sites (tertiary alicyclic amines) is 1. The molecular weight excluding hydrogens is 264 g/mol. The summed E-state index contributed by atoms with van der Waals surface area (Å²) in [4.78, 5) is 18.0. The second-order valence-corrected chi connectivity index (χ2v) is 5.68. The van der Waals surface area contributed by atoms with E-state index in [2.05, 4.69) is 16.0 Å². The average molecular weight is 284 g/mol. The molecule has 1 saturated heterocycles. The van der Waals surface area contributed by atoms with Gasteiger partial charge >= 0.3 is 0 Å². The second-order valence-electron chi connectivity index (χ2n) is 5.68. The highest BCUT2D eigenvalue weighted by Crippen LogP contribution is 2.23. The molecule has 0 atom stereocenters. The van der Waals surface area contributed by atoms with Crippen LogP contribution < -0.4 is 11.5 Å². The van der Waals surface area contributed by atoms with Crippen LogP contribution in [-0.2, 0) is 11.3 Å². The summed E-state index contributed by atoms with van der Waals surface area (Å²) in [6, 6.07) is 10.1. The molecule has 21 heavy (non-hydrogen) atoms. The highest BCUT2D eigenvalue weighted by atomic mass is 16.1. The van der Waals surface area contributed by atoms with Crippen LogP contribution in [0.25, 0.3) is 10.9 Å². The fraction of sp³-hybridized carbons (Fsp3) is 0.375. The van der Waals surface area contributed by atoms with Crippen molar-refractivity contribution in [3.05, 3.63) is 35.9 Å². The summed E-state index contributed by atoms with van der Waals surface area (Å²) < 4.78 is 0. The van der Waals surface area contributed by atoms with Gasteiger partial charge in [0.2, 0.25) is 5.91 Å². The van der Waals surface area contributed by atoms with Crippen molar-refractivity contribution < 1.29 is 4.79 Å². The van der Waals surface area contributed by atoms with Gasteiger partial charge in [-0.3, -0.25) is 9.69 Å². The van der Waals surface area contributed by atoms with Crippen LogP contribution in [-0.4, -0.2) is 28.9 Å². The molecule has 110 valence electrons. The lowest BCUT2D eigenvalue weighted by Crippen LogP contribution is -2.38. The van der Waals surface area contributed by atoms with E-state index < -0.39 is 0 Å². The Labute approximate surface area is 123 Å². The molecule has 0 bridgehead atoms. The normalized spacial score (nSPS) is 17.1. The van der Waals surface area contributed by atoms with Gasteiger partial charge in [0.15, 0.2) is 0 Å². The molecule has 1 aromatic heterocycles. The number of para-hydroxylation sites is 1. The molecule has 0 unspecified atom stereocenters. The number of benzene rings is 1. The van der Waals surface area contributed by atoms with Crippen molar-refractivity contribution in [1.29, 1.82) is 0 Å². The molecule has 0 aliphatic carbocycles. The standard InChI is InChI=1S/C16H20N4O/c17-15-13(9-12-3-1-2-4-14(12)19-15)10-20-7-5-11(6-8-20)16(18)21/h1-4,9,11H,5-8,10H2,(H2,17,19)(H2,18,21). The van der Waals surface area contributed by atoms with Crippen molar-refractivity contribution in [3.63, 3.8) is 0 Å². The first-order valence-electron chi connectivity index (χ1n) is 7.29. The number of piperidine rings is 1. The summed E-state index contributed by atoms with van der Waals surface area (Å²) in [6.45, 7) is 2.52. The van der Waals surface area contributed by atoms with Gasteiger partial charge in [-0.25, -0.2) is 4.98 Å². The van der Waals surface area contributed by atoms with E-state index in [4.69, 9.17) is 11.5 Å². The zero-order valence-electron chi connectivity index (χ0n) is 12.0. The zero-order chi connectivity index (χ0) is 14.8. The number of hydrogen-bond donors (Lipinski definition) is 2. The number of pyridine rings is 1. The Balaban J connectivity index is 1.73. The van der Waals surface area contributed by atoms with E-state index in [1.807, 2.05) is 24.3 Å². The highest BCUT2D eigenvalue weighted by molar-refractivity contribution is 5.81. The minimum absolute atomic E-state index is 0.0216. The lowest BCUT2D eigenvalue weighted by molar-refractivity contribution is -0.123. The second kappa shape index (κ2) is 5.69. The molecule has 5 nitrogen and oxygen atoms in total. The summed E-state index contributed by atoms with van der Waals surface area (Å²) in [5, 5.41) is 1.11. The van der Waals surface area contributed by atoms with Crippen molar-refractivity contribution >= 4 is 22.6 Å². The first-order valence-corrected chi connectivity index (χ1v) is 7.29. The monoisotopic (exact) mass is 284 g/mol. The van der Waals surface area contributed by atoms with E-state index in [9.17, 15) is 4.79 Å². The number of nitrogens with zero attached hydrogens (tertiary/aromatic N) is 2. The molecule has 0 saturated carbocycles. The highest BCUT2D eigenvalue weighted by Gasteiger charge is 2.23. The van der Waals surface area contributed by atoms with Gasteiger partial charge in [0.05, 0.1) is 5.52 Å². The Morgan fingerprint density at radius 2 is 2.00 bits per heavy atom. The summed E-state index contributed by atoms with van der Waals surface area (Å²) in [5.41, 5.74) is 13.4. The predicted molar refractivity (Wildman–Crippen MR) is 83.4 cm³/mol. The van der Waals surface area contributed by atoms with Gasteiger partial charge in [-0.05, 0) is 38.1 Å². The van der Waals surface area contributed by atoms with Crippen LogP contribution in [0.5, 0.6) is 0 Å². The maximum atomic E-state index is 11.2. The predicted octanol–water partition coefficient (Wildman–Crippen LogP) is 1.51. The van der Waals surface area contributed by atoms with Crippen LogP contribution >= 0.6 is 0 Å². The molecule has 0 radical (unpaired) electrons. The van der Waals surface area contributed by atoms with Crippen LogP contribution in [0, 0.1) is 5.92 Å². The van der Waals surface area contributed by atoms with Gasteiger partial charge in [-0.15, -0.1) is 0 Å². The van der Waals surface area contributed by atoms with Gasteiger partial charge in [-0.1, -0.05) is 18.2 Å². The Hall–Kier alpha value is -2.14. The van der Waals surface area contributed by atoms with E-state index in [0.717, 1.165) is 48.9 Å². The van der Waals surface area contributed by atoms with Gasteiger partial charge < -0.3 is 11.5 Å². The largest absolute Gasteiger partial charge is 0.383 e. The first kappa shape index (κ1) is 13.8. The number of primary amides is 1. The van der Waals surface area contributed by atoms with Crippen LogP contribution in [0.2, 0.25) is 0 Å². The van der Waals surface area contributed by atoms with Crippen molar-refractivity contribution in [2.24, 2.45) is 11.7 Å². The van der Waals surface area contributed by atoms with Crippen LogP contribution in [0.15, 0.2) is 30.3 Å². The SMILES string of the molecule is NC(=O)C1CCN(Cc2cc3ccccc3nc2N)CC1. The number of fused-ring (bicyclic) bond motifs is 1.